The van der Waals surface area contributed by atoms with Crippen molar-refractivity contribution < 1.29 is 9.90 Å². The van der Waals surface area contributed by atoms with E-state index in [0.717, 1.165) is 17.5 Å². The quantitative estimate of drug-likeness (QED) is 0.671. The van der Waals surface area contributed by atoms with E-state index in [2.05, 4.69) is 0 Å². The summed E-state index contributed by atoms with van der Waals surface area (Å²) in [7, 11) is 3.74. The third kappa shape index (κ3) is 2.88. The third-order valence-electron chi connectivity index (χ3n) is 2.80. The molecule has 0 amide bonds. The van der Waals surface area contributed by atoms with Crippen LogP contribution in [-0.4, -0.2) is 34.9 Å². The Morgan fingerprint density at radius 2 is 1.89 bits per heavy atom. The minimum atomic E-state index is -0.132. The first kappa shape index (κ1) is 14.6. The fourth-order valence-corrected chi connectivity index (χ4v) is 2.06. The van der Waals surface area contributed by atoms with Gasteiger partial charge in [0.25, 0.3) is 0 Å². The van der Waals surface area contributed by atoms with E-state index < -0.39 is 0 Å². The van der Waals surface area contributed by atoms with Crippen LogP contribution in [0.3, 0.4) is 0 Å². The zero-order valence-electron chi connectivity index (χ0n) is 11.3. The molecular formula is C14H19NO2S. The van der Waals surface area contributed by atoms with Gasteiger partial charge in [0, 0.05) is 25.2 Å². The topological polar surface area (TPSA) is 40.5 Å². The Labute approximate surface area is 113 Å². The highest BCUT2D eigenvalue weighted by atomic mass is 32.1. The van der Waals surface area contributed by atoms with Gasteiger partial charge in [-0.05, 0) is 19.4 Å². The summed E-state index contributed by atoms with van der Waals surface area (Å²) in [6.07, 6.45) is 1.59. The van der Waals surface area contributed by atoms with E-state index in [1.807, 2.05) is 32.0 Å². The first-order chi connectivity index (χ1) is 8.40. The molecule has 0 aliphatic rings. The number of carbonyl (C=O) groups is 1. The smallest absolute Gasteiger partial charge is 0.163 e. The van der Waals surface area contributed by atoms with Crippen molar-refractivity contribution in [3.8, 4) is 5.75 Å². The summed E-state index contributed by atoms with van der Waals surface area (Å²) in [6.45, 7) is 3.48. The molecule has 98 valence electrons. The molecule has 1 N–H and O–H groups in total. The summed E-state index contributed by atoms with van der Waals surface area (Å²) in [5.41, 5.74) is 1.96. The van der Waals surface area contributed by atoms with Crippen LogP contribution in [0.15, 0.2) is 12.1 Å². The average molecular weight is 265 g/mol. The van der Waals surface area contributed by atoms with E-state index in [-0.39, 0.29) is 11.5 Å². The van der Waals surface area contributed by atoms with Gasteiger partial charge in [0.1, 0.15) is 10.7 Å². The lowest BCUT2D eigenvalue weighted by Gasteiger charge is -2.19. The van der Waals surface area contributed by atoms with E-state index in [1.165, 1.54) is 6.92 Å². The highest BCUT2D eigenvalue weighted by Crippen LogP contribution is 2.28. The normalized spacial score (nSPS) is 10.2. The number of thiocarbonyl (C=S) groups is 1. The van der Waals surface area contributed by atoms with E-state index in [0.29, 0.717) is 17.0 Å². The summed E-state index contributed by atoms with van der Waals surface area (Å²) in [5, 5.41) is 10.2. The highest BCUT2D eigenvalue weighted by Gasteiger charge is 2.17. The average Bonchev–Trinajstić information content (AvgIpc) is 2.30. The Morgan fingerprint density at radius 3 is 2.33 bits per heavy atom. The molecule has 0 fully saturated rings. The van der Waals surface area contributed by atoms with Gasteiger partial charge >= 0.3 is 0 Å². The Balaban J connectivity index is 3.40. The lowest BCUT2D eigenvalue weighted by Crippen LogP contribution is -2.22. The number of nitrogens with zero attached hydrogens (tertiary/aromatic N) is 1. The van der Waals surface area contributed by atoms with Crippen molar-refractivity contribution in [2.24, 2.45) is 0 Å². The fourth-order valence-electron chi connectivity index (χ4n) is 1.86. The molecule has 0 heterocycles. The largest absolute Gasteiger partial charge is 0.507 e. The number of rotatable bonds is 4. The monoisotopic (exact) mass is 265 g/mol. The maximum atomic E-state index is 11.4. The molecule has 1 aromatic carbocycles. The van der Waals surface area contributed by atoms with Crippen molar-refractivity contribution in [2.75, 3.05) is 14.1 Å². The van der Waals surface area contributed by atoms with Gasteiger partial charge in [-0.2, -0.15) is 0 Å². The van der Waals surface area contributed by atoms with Crippen molar-refractivity contribution in [2.45, 2.75) is 26.7 Å². The van der Waals surface area contributed by atoms with Crippen molar-refractivity contribution >= 4 is 23.0 Å². The Hall–Kier alpha value is -1.42. The number of phenols is 1. The van der Waals surface area contributed by atoms with Crippen LogP contribution < -0.4 is 0 Å². The van der Waals surface area contributed by atoms with Gasteiger partial charge in [-0.3, -0.25) is 4.79 Å². The lowest BCUT2D eigenvalue weighted by atomic mass is 9.96. The number of phenolic OH excluding ortho intramolecular Hbond substituents is 1. The molecule has 0 radical (unpaired) electrons. The number of carbonyl (C=O) groups excluding carboxylic acids is 1. The predicted octanol–water partition coefficient (Wildman–Crippen LogP) is 2.78. The van der Waals surface area contributed by atoms with Crippen LogP contribution in [0.4, 0.5) is 0 Å². The first-order valence-corrected chi connectivity index (χ1v) is 6.38. The molecule has 1 rings (SSSR count). The molecule has 0 saturated carbocycles. The molecular weight excluding hydrogens is 246 g/mol. The van der Waals surface area contributed by atoms with Crippen molar-refractivity contribution in [3.05, 3.63) is 28.8 Å². The van der Waals surface area contributed by atoms with Crippen molar-refractivity contribution in [3.63, 3.8) is 0 Å². The SMILES string of the molecule is CCCc1c(C(=S)N(C)C)ccc(C(C)=O)c1O. The molecule has 1 aromatic rings. The molecule has 0 aliphatic carbocycles. The number of ketones is 1. The summed E-state index contributed by atoms with van der Waals surface area (Å²) in [5.74, 6) is -0.0572. The van der Waals surface area contributed by atoms with Gasteiger partial charge < -0.3 is 10.0 Å². The predicted molar refractivity (Wildman–Crippen MR) is 77.5 cm³/mol. The minimum absolute atomic E-state index is 0.0750. The van der Waals surface area contributed by atoms with E-state index in [4.69, 9.17) is 12.2 Å². The van der Waals surface area contributed by atoms with Gasteiger partial charge in [0.15, 0.2) is 5.78 Å². The molecule has 3 nitrogen and oxygen atoms in total. The Morgan fingerprint density at radius 1 is 1.33 bits per heavy atom. The van der Waals surface area contributed by atoms with Crippen LogP contribution in [0.2, 0.25) is 0 Å². The van der Waals surface area contributed by atoms with Gasteiger partial charge in [0.2, 0.25) is 0 Å². The second-order valence-corrected chi connectivity index (χ2v) is 4.88. The first-order valence-electron chi connectivity index (χ1n) is 5.97. The number of hydrogen-bond acceptors (Lipinski definition) is 3. The number of hydrogen-bond donors (Lipinski definition) is 1. The van der Waals surface area contributed by atoms with Crippen molar-refractivity contribution in [1.82, 2.24) is 4.90 Å². The molecule has 4 heteroatoms. The van der Waals surface area contributed by atoms with Crippen LogP contribution in [0.1, 0.15) is 41.8 Å². The minimum Gasteiger partial charge on any atom is -0.507 e. The summed E-state index contributed by atoms with van der Waals surface area (Å²) in [4.78, 5) is 13.9. The highest BCUT2D eigenvalue weighted by molar-refractivity contribution is 7.80. The third-order valence-corrected chi connectivity index (χ3v) is 3.38. The van der Waals surface area contributed by atoms with Crippen LogP contribution in [0, 0.1) is 0 Å². The van der Waals surface area contributed by atoms with E-state index in [9.17, 15) is 9.90 Å². The van der Waals surface area contributed by atoms with Gasteiger partial charge in [-0.25, -0.2) is 0 Å². The zero-order chi connectivity index (χ0) is 13.9. The van der Waals surface area contributed by atoms with Gasteiger partial charge in [-0.1, -0.05) is 31.6 Å². The number of Topliss-reactive ketones (excluding diaryl/α,β-unsaturated/α-hetero) is 1. The Bertz CT molecular complexity index is 481. The Kier molecular flexibility index (Phi) is 4.84. The molecule has 0 aromatic heterocycles. The summed E-state index contributed by atoms with van der Waals surface area (Å²) >= 11 is 5.34. The zero-order valence-corrected chi connectivity index (χ0v) is 12.1. The van der Waals surface area contributed by atoms with Gasteiger partial charge in [-0.15, -0.1) is 0 Å². The van der Waals surface area contributed by atoms with E-state index in [1.54, 1.807) is 6.07 Å². The number of benzene rings is 1. The maximum Gasteiger partial charge on any atom is 0.163 e. The van der Waals surface area contributed by atoms with Crippen LogP contribution in [0.5, 0.6) is 5.75 Å². The maximum absolute atomic E-state index is 11.4. The lowest BCUT2D eigenvalue weighted by molar-refractivity contribution is 0.101. The van der Waals surface area contributed by atoms with E-state index >= 15 is 0 Å². The molecule has 0 atom stereocenters. The van der Waals surface area contributed by atoms with Crippen LogP contribution >= 0.6 is 12.2 Å². The molecule has 0 aliphatic heterocycles. The summed E-state index contributed by atoms with van der Waals surface area (Å²) in [6, 6.07) is 3.46. The number of aromatic hydroxyl groups is 1. The molecule has 0 bridgehead atoms. The van der Waals surface area contributed by atoms with Crippen molar-refractivity contribution in [1.29, 1.82) is 0 Å². The molecule has 18 heavy (non-hydrogen) atoms. The second-order valence-electron chi connectivity index (χ2n) is 4.49. The van der Waals surface area contributed by atoms with Crippen LogP contribution in [0.25, 0.3) is 0 Å². The van der Waals surface area contributed by atoms with Gasteiger partial charge in [0.05, 0.1) is 5.56 Å². The molecule has 0 unspecified atom stereocenters. The van der Waals surface area contributed by atoms with Crippen LogP contribution in [-0.2, 0) is 6.42 Å². The fraction of sp³-hybridized carbons (Fsp3) is 0.429. The molecule has 0 saturated heterocycles. The second kappa shape index (κ2) is 5.96. The standard InChI is InChI=1S/C14H19NO2S/c1-5-6-11-12(14(18)15(3)4)8-7-10(9(2)16)13(11)17/h7-8,17H,5-6H2,1-4H3. The molecule has 0 spiro atoms. The summed E-state index contributed by atoms with van der Waals surface area (Å²) < 4.78 is 0.